The SMILES string of the molecule is c1ccc(-c2cc(-c3ccccc3)nc(-c3ccccc3-n3c4ccccc4c4c3ccc3c5ccccc5n(-c5ccccc5)c34)c2)cc1. The highest BCUT2D eigenvalue weighted by atomic mass is 15.0. The third-order valence-electron chi connectivity index (χ3n) is 9.91. The summed E-state index contributed by atoms with van der Waals surface area (Å²) in [5.41, 5.74) is 13.4. The van der Waals surface area contributed by atoms with Crippen molar-refractivity contribution in [3.63, 3.8) is 0 Å². The van der Waals surface area contributed by atoms with Gasteiger partial charge >= 0.3 is 0 Å². The third kappa shape index (κ3) is 4.41. The van der Waals surface area contributed by atoms with Crippen molar-refractivity contribution in [2.45, 2.75) is 0 Å². The van der Waals surface area contributed by atoms with Gasteiger partial charge < -0.3 is 9.13 Å². The van der Waals surface area contributed by atoms with Gasteiger partial charge in [-0.2, -0.15) is 0 Å². The molecule has 0 aliphatic carbocycles. The van der Waals surface area contributed by atoms with Gasteiger partial charge in [0.05, 0.1) is 39.1 Å². The minimum absolute atomic E-state index is 0.936. The number of para-hydroxylation sites is 4. The van der Waals surface area contributed by atoms with Gasteiger partial charge in [0.15, 0.2) is 0 Å². The van der Waals surface area contributed by atoms with Gasteiger partial charge in [0.25, 0.3) is 0 Å². The Morgan fingerprint density at radius 3 is 1.70 bits per heavy atom. The largest absolute Gasteiger partial charge is 0.309 e. The quantitative estimate of drug-likeness (QED) is 0.184. The summed E-state index contributed by atoms with van der Waals surface area (Å²) < 4.78 is 4.87. The van der Waals surface area contributed by atoms with Crippen molar-refractivity contribution in [2.75, 3.05) is 0 Å². The molecule has 0 N–H and O–H groups in total. The molecular formula is C47H31N3. The summed E-state index contributed by atoms with van der Waals surface area (Å²) in [6, 6.07) is 67.1. The molecule has 234 valence electrons. The Bertz CT molecular complexity index is 2790. The second kappa shape index (κ2) is 11.5. The predicted molar refractivity (Wildman–Crippen MR) is 209 cm³/mol. The minimum Gasteiger partial charge on any atom is -0.309 e. The lowest BCUT2D eigenvalue weighted by molar-refractivity contribution is 1.17. The smallest absolute Gasteiger partial charge is 0.0736 e. The van der Waals surface area contributed by atoms with Gasteiger partial charge in [-0.15, -0.1) is 0 Å². The van der Waals surface area contributed by atoms with Crippen molar-refractivity contribution in [3.8, 4) is 45.0 Å². The van der Waals surface area contributed by atoms with Crippen LogP contribution in [0.1, 0.15) is 0 Å². The fourth-order valence-electron chi connectivity index (χ4n) is 7.72. The molecule has 3 heteroatoms. The number of fused-ring (bicyclic) bond motifs is 7. The first-order valence-corrected chi connectivity index (χ1v) is 17.1. The van der Waals surface area contributed by atoms with Crippen molar-refractivity contribution in [2.24, 2.45) is 0 Å². The molecule has 3 aromatic heterocycles. The Morgan fingerprint density at radius 1 is 0.360 bits per heavy atom. The first-order chi connectivity index (χ1) is 24.8. The lowest BCUT2D eigenvalue weighted by Gasteiger charge is -2.16. The van der Waals surface area contributed by atoms with Crippen molar-refractivity contribution in [3.05, 3.63) is 188 Å². The summed E-state index contributed by atoms with van der Waals surface area (Å²) in [6.45, 7) is 0. The zero-order valence-electron chi connectivity index (χ0n) is 27.2. The Hall–Kier alpha value is -6.71. The monoisotopic (exact) mass is 637 g/mol. The molecule has 7 aromatic carbocycles. The Balaban J connectivity index is 1.29. The molecule has 50 heavy (non-hydrogen) atoms. The van der Waals surface area contributed by atoms with Crippen LogP contribution in [0.15, 0.2) is 188 Å². The molecule has 0 aliphatic heterocycles. The maximum atomic E-state index is 5.35. The first-order valence-electron chi connectivity index (χ1n) is 17.1. The van der Waals surface area contributed by atoms with Crippen LogP contribution in [0.5, 0.6) is 0 Å². The number of pyridine rings is 1. The first kappa shape index (κ1) is 28.3. The van der Waals surface area contributed by atoms with Gasteiger partial charge in [-0.3, -0.25) is 0 Å². The van der Waals surface area contributed by atoms with E-state index >= 15 is 0 Å². The van der Waals surface area contributed by atoms with Gasteiger partial charge in [0, 0.05) is 38.4 Å². The Labute approximate surface area is 290 Å². The van der Waals surface area contributed by atoms with Crippen LogP contribution >= 0.6 is 0 Å². The number of aromatic nitrogens is 3. The molecule has 10 aromatic rings. The number of benzene rings is 7. The lowest BCUT2D eigenvalue weighted by atomic mass is 9.99. The predicted octanol–water partition coefficient (Wildman–Crippen LogP) is 12.3. The molecule has 0 unspecified atom stereocenters. The molecule has 0 radical (unpaired) electrons. The summed E-state index contributed by atoms with van der Waals surface area (Å²) in [5.74, 6) is 0. The fourth-order valence-corrected chi connectivity index (χ4v) is 7.72. The normalized spacial score (nSPS) is 11.6. The summed E-state index contributed by atoms with van der Waals surface area (Å²) in [5, 5.41) is 4.96. The van der Waals surface area contributed by atoms with Crippen LogP contribution in [0.2, 0.25) is 0 Å². The molecule has 0 fully saturated rings. The third-order valence-corrected chi connectivity index (χ3v) is 9.91. The maximum Gasteiger partial charge on any atom is 0.0736 e. The number of nitrogens with zero attached hydrogens (tertiary/aromatic N) is 3. The molecular weight excluding hydrogens is 607 g/mol. The number of rotatable bonds is 5. The van der Waals surface area contributed by atoms with E-state index in [4.69, 9.17) is 4.98 Å². The van der Waals surface area contributed by atoms with Gasteiger partial charge in [-0.05, 0) is 59.7 Å². The average Bonchev–Trinajstić information content (AvgIpc) is 3.72. The van der Waals surface area contributed by atoms with Crippen LogP contribution in [0.25, 0.3) is 88.6 Å². The standard InChI is InChI=1S/C47H31N3/c1-4-16-32(17-5-1)34-30-40(33-18-6-2-7-19-33)48-41(31-34)38-23-11-14-26-43(38)50-44-27-15-12-24-39(44)46-45(50)29-28-37-36-22-10-13-25-42(36)49(47(37)46)35-20-8-3-9-21-35/h1-31H. The van der Waals surface area contributed by atoms with Gasteiger partial charge in [0.1, 0.15) is 0 Å². The number of hydrogen-bond donors (Lipinski definition) is 0. The maximum absolute atomic E-state index is 5.35. The Morgan fingerprint density at radius 2 is 0.940 bits per heavy atom. The molecule has 10 rings (SSSR count). The summed E-state index contributed by atoms with van der Waals surface area (Å²) in [4.78, 5) is 5.35. The van der Waals surface area contributed by atoms with Crippen LogP contribution in [0.3, 0.4) is 0 Å². The van der Waals surface area contributed by atoms with E-state index in [9.17, 15) is 0 Å². The number of hydrogen-bond acceptors (Lipinski definition) is 1. The zero-order valence-corrected chi connectivity index (χ0v) is 27.2. The van der Waals surface area contributed by atoms with Gasteiger partial charge in [-0.1, -0.05) is 140 Å². The van der Waals surface area contributed by atoms with Crippen LogP contribution in [-0.2, 0) is 0 Å². The van der Waals surface area contributed by atoms with Crippen molar-refractivity contribution in [1.29, 1.82) is 0 Å². The molecule has 0 spiro atoms. The second-order valence-electron chi connectivity index (χ2n) is 12.8. The molecule has 0 aliphatic rings. The highest BCUT2D eigenvalue weighted by Crippen LogP contribution is 2.43. The van der Waals surface area contributed by atoms with E-state index in [2.05, 4.69) is 197 Å². The van der Waals surface area contributed by atoms with E-state index in [0.29, 0.717) is 0 Å². The van der Waals surface area contributed by atoms with E-state index in [1.165, 1.54) is 38.1 Å². The minimum atomic E-state index is 0.936. The molecule has 3 nitrogen and oxygen atoms in total. The Kier molecular flexibility index (Phi) is 6.49. The average molecular weight is 638 g/mol. The highest BCUT2D eigenvalue weighted by Gasteiger charge is 2.22. The highest BCUT2D eigenvalue weighted by molar-refractivity contribution is 6.26. The van der Waals surface area contributed by atoms with E-state index in [-0.39, 0.29) is 0 Å². The van der Waals surface area contributed by atoms with Crippen LogP contribution in [0.4, 0.5) is 0 Å². The van der Waals surface area contributed by atoms with Crippen molar-refractivity contribution < 1.29 is 0 Å². The summed E-state index contributed by atoms with van der Waals surface area (Å²) in [6.07, 6.45) is 0. The topological polar surface area (TPSA) is 22.8 Å². The van der Waals surface area contributed by atoms with Crippen molar-refractivity contribution in [1.82, 2.24) is 14.1 Å². The van der Waals surface area contributed by atoms with Crippen LogP contribution < -0.4 is 0 Å². The fraction of sp³-hybridized carbons (Fsp3) is 0. The van der Waals surface area contributed by atoms with Gasteiger partial charge in [0.2, 0.25) is 0 Å². The van der Waals surface area contributed by atoms with Crippen LogP contribution in [-0.4, -0.2) is 14.1 Å². The van der Waals surface area contributed by atoms with E-state index < -0.39 is 0 Å². The second-order valence-corrected chi connectivity index (χ2v) is 12.8. The molecule has 3 heterocycles. The lowest BCUT2D eigenvalue weighted by Crippen LogP contribution is -1.99. The van der Waals surface area contributed by atoms with Crippen molar-refractivity contribution >= 4 is 43.6 Å². The van der Waals surface area contributed by atoms with E-state index in [0.717, 1.165) is 50.5 Å². The molecule has 0 amide bonds. The summed E-state index contributed by atoms with van der Waals surface area (Å²) in [7, 11) is 0. The van der Waals surface area contributed by atoms with E-state index in [1.54, 1.807) is 0 Å². The molecule has 0 bridgehead atoms. The van der Waals surface area contributed by atoms with Crippen LogP contribution in [0, 0.1) is 0 Å². The summed E-state index contributed by atoms with van der Waals surface area (Å²) >= 11 is 0. The zero-order chi connectivity index (χ0) is 33.0. The molecule has 0 saturated carbocycles. The molecule has 0 saturated heterocycles. The molecule has 0 atom stereocenters. The van der Waals surface area contributed by atoms with E-state index in [1.807, 2.05) is 0 Å². The van der Waals surface area contributed by atoms with Gasteiger partial charge in [-0.25, -0.2) is 4.98 Å².